The van der Waals surface area contributed by atoms with Gasteiger partial charge in [0, 0.05) is 24.3 Å². The van der Waals surface area contributed by atoms with Crippen molar-refractivity contribution in [1.29, 1.82) is 0 Å². The van der Waals surface area contributed by atoms with E-state index in [0.29, 0.717) is 11.2 Å². The number of hydrogen-bond donors (Lipinski definition) is 1. The maximum absolute atomic E-state index is 6.27. The molecule has 96 valence electrons. The van der Waals surface area contributed by atoms with Gasteiger partial charge in [0.05, 0.1) is 0 Å². The first-order chi connectivity index (χ1) is 8.16. The lowest BCUT2D eigenvalue weighted by molar-refractivity contribution is 0.455. The van der Waals surface area contributed by atoms with E-state index in [9.17, 15) is 0 Å². The average Bonchev–Trinajstić information content (AvgIpc) is 2.89. The monoisotopic (exact) mass is 254 g/mol. The number of nitrogens with two attached hydrogens (primary N) is 1. The van der Waals surface area contributed by atoms with Crippen molar-refractivity contribution in [2.75, 3.05) is 5.75 Å². The van der Waals surface area contributed by atoms with Crippen LogP contribution in [-0.2, 0) is 13.0 Å². The van der Waals surface area contributed by atoms with Crippen LogP contribution in [0.2, 0.25) is 0 Å². The van der Waals surface area contributed by atoms with Crippen LogP contribution in [0.1, 0.15) is 32.5 Å². The fourth-order valence-corrected chi connectivity index (χ4v) is 3.54. The van der Waals surface area contributed by atoms with Gasteiger partial charge in [0.1, 0.15) is 12.2 Å². The van der Waals surface area contributed by atoms with Crippen LogP contribution in [0.4, 0.5) is 0 Å². The molecule has 2 N–H and O–H groups in total. The second-order valence-electron chi connectivity index (χ2n) is 5.17. The van der Waals surface area contributed by atoms with Gasteiger partial charge in [-0.15, -0.1) is 0 Å². The molecule has 2 atom stereocenters. The Morgan fingerprint density at radius 2 is 2.41 bits per heavy atom. The second-order valence-corrected chi connectivity index (χ2v) is 6.52. The molecule has 1 aliphatic heterocycles. The Labute approximate surface area is 107 Å². The molecular weight excluding hydrogens is 232 g/mol. The Hall–Kier alpha value is -0.550. The third-order valence-corrected chi connectivity index (χ3v) is 4.63. The molecule has 0 bridgehead atoms. The molecule has 1 aromatic heterocycles. The Morgan fingerprint density at radius 3 is 3.06 bits per heavy atom. The Morgan fingerprint density at radius 1 is 1.59 bits per heavy atom. The van der Waals surface area contributed by atoms with Gasteiger partial charge in [-0.25, -0.2) is 9.67 Å². The summed E-state index contributed by atoms with van der Waals surface area (Å²) >= 11 is 2.01. The number of thioether (sulfide) groups is 1. The van der Waals surface area contributed by atoms with E-state index in [4.69, 9.17) is 5.73 Å². The van der Waals surface area contributed by atoms with E-state index in [0.717, 1.165) is 18.8 Å². The summed E-state index contributed by atoms with van der Waals surface area (Å²) in [4.78, 5) is 4.34. The maximum atomic E-state index is 6.27. The second kappa shape index (κ2) is 5.87. The summed E-state index contributed by atoms with van der Waals surface area (Å²) in [7, 11) is 0. The molecule has 0 amide bonds. The van der Waals surface area contributed by atoms with Crippen LogP contribution in [0.3, 0.4) is 0 Å². The van der Waals surface area contributed by atoms with Gasteiger partial charge in [-0.05, 0) is 24.5 Å². The van der Waals surface area contributed by atoms with Crippen molar-refractivity contribution in [2.45, 2.75) is 50.9 Å². The maximum Gasteiger partial charge on any atom is 0.138 e. The molecule has 4 nitrogen and oxygen atoms in total. The SMILES string of the molecule is CC(C)Cn1ncnc1CC(N)C1CCCS1. The fraction of sp³-hybridized carbons (Fsp3) is 0.833. The van der Waals surface area contributed by atoms with Crippen molar-refractivity contribution >= 4 is 11.8 Å². The molecule has 1 aromatic rings. The van der Waals surface area contributed by atoms with E-state index in [2.05, 4.69) is 23.9 Å². The van der Waals surface area contributed by atoms with Gasteiger partial charge in [-0.2, -0.15) is 16.9 Å². The van der Waals surface area contributed by atoms with E-state index in [1.54, 1.807) is 6.33 Å². The molecule has 0 aromatic carbocycles. The van der Waals surface area contributed by atoms with Gasteiger partial charge in [0.15, 0.2) is 0 Å². The smallest absolute Gasteiger partial charge is 0.138 e. The first-order valence-electron chi connectivity index (χ1n) is 6.40. The van der Waals surface area contributed by atoms with Crippen LogP contribution >= 0.6 is 11.8 Å². The number of hydrogen-bond acceptors (Lipinski definition) is 4. The topological polar surface area (TPSA) is 56.7 Å². The Balaban J connectivity index is 1.95. The third kappa shape index (κ3) is 3.45. The minimum absolute atomic E-state index is 0.220. The lowest BCUT2D eigenvalue weighted by Gasteiger charge is -2.18. The van der Waals surface area contributed by atoms with E-state index < -0.39 is 0 Å². The standard InChI is InChI=1S/C12H22N4S/c1-9(2)7-16-12(14-8-15-16)6-10(13)11-4-3-5-17-11/h8-11H,3-7,13H2,1-2H3. The van der Waals surface area contributed by atoms with Crippen molar-refractivity contribution in [3.8, 4) is 0 Å². The largest absolute Gasteiger partial charge is 0.326 e. The summed E-state index contributed by atoms with van der Waals surface area (Å²) in [6.45, 7) is 5.32. The normalized spacial score (nSPS) is 22.2. The van der Waals surface area contributed by atoms with E-state index in [1.165, 1.54) is 18.6 Å². The van der Waals surface area contributed by atoms with Gasteiger partial charge in [-0.1, -0.05) is 13.8 Å². The first kappa shape index (κ1) is 12.9. The molecule has 0 saturated carbocycles. The van der Waals surface area contributed by atoms with Gasteiger partial charge < -0.3 is 5.73 Å². The van der Waals surface area contributed by atoms with Gasteiger partial charge >= 0.3 is 0 Å². The van der Waals surface area contributed by atoms with Crippen LogP contribution in [0, 0.1) is 5.92 Å². The van der Waals surface area contributed by atoms with Crippen molar-refractivity contribution in [2.24, 2.45) is 11.7 Å². The van der Waals surface area contributed by atoms with Crippen LogP contribution in [-0.4, -0.2) is 31.8 Å². The van der Waals surface area contributed by atoms with Crippen LogP contribution in [0.25, 0.3) is 0 Å². The zero-order valence-electron chi connectivity index (χ0n) is 10.7. The predicted octanol–water partition coefficient (Wildman–Crippen LogP) is 1.70. The summed E-state index contributed by atoms with van der Waals surface area (Å²) in [5.74, 6) is 2.89. The summed E-state index contributed by atoms with van der Waals surface area (Å²) in [6, 6.07) is 0.220. The summed E-state index contributed by atoms with van der Waals surface area (Å²) in [6.07, 6.45) is 5.06. The zero-order valence-corrected chi connectivity index (χ0v) is 11.5. The minimum atomic E-state index is 0.220. The van der Waals surface area contributed by atoms with E-state index in [-0.39, 0.29) is 6.04 Å². The molecule has 0 aliphatic carbocycles. The Bertz CT molecular complexity index is 344. The Kier molecular flexibility index (Phi) is 4.45. The first-order valence-corrected chi connectivity index (χ1v) is 7.45. The molecule has 1 saturated heterocycles. The van der Waals surface area contributed by atoms with Crippen molar-refractivity contribution in [1.82, 2.24) is 14.8 Å². The molecule has 1 aliphatic rings. The molecule has 2 rings (SSSR count). The number of rotatable bonds is 5. The summed E-state index contributed by atoms with van der Waals surface area (Å²) < 4.78 is 2.00. The van der Waals surface area contributed by atoms with E-state index in [1.807, 2.05) is 16.4 Å². The van der Waals surface area contributed by atoms with Crippen molar-refractivity contribution in [3.63, 3.8) is 0 Å². The lowest BCUT2D eigenvalue weighted by atomic mass is 10.1. The number of aromatic nitrogens is 3. The fourth-order valence-electron chi connectivity index (χ4n) is 2.23. The molecule has 1 fully saturated rings. The van der Waals surface area contributed by atoms with Gasteiger partial charge in [0.2, 0.25) is 0 Å². The summed E-state index contributed by atoms with van der Waals surface area (Å²) in [5.41, 5.74) is 6.27. The molecule has 0 radical (unpaired) electrons. The molecule has 2 unspecified atom stereocenters. The highest BCUT2D eigenvalue weighted by atomic mass is 32.2. The van der Waals surface area contributed by atoms with Crippen LogP contribution in [0.5, 0.6) is 0 Å². The van der Waals surface area contributed by atoms with Crippen LogP contribution < -0.4 is 5.73 Å². The summed E-state index contributed by atoms with van der Waals surface area (Å²) in [5, 5.41) is 4.89. The zero-order chi connectivity index (χ0) is 12.3. The van der Waals surface area contributed by atoms with Crippen LogP contribution in [0.15, 0.2) is 6.33 Å². The third-order valence-electron chi connectivity index (χ3n) is 3.09. The molecule has 0 spiro atoms. The quantitative estimate of drug-likeness (QED) is 0.869. The van der Waals surface area contributed by atoms with Gasteiger partial charge in [0.25, 0.3) is 0 Å². The van der Waals surface area contributed by atoms with E-state index >= 15 is 0 Å². The number of nitrogens with zero attached hydrogens (tertiary/aromatic N) is 3. The predicted molar refractivity (Wildman–Crippen MR) is 72.0 cm³/mol. The molecular formula is C12H22N4S. The molecule has 5 heteroatoms. The highest BCUT2D eigenvalue weighted by molar-refractivity contribution is 8.00. The minimum Gasteiger partial charge on any atom is -0.326 e. The molecule has 2 heterocycles. The highest BCUT2D eigenvalue weighted by Crippen LogP contribution is 2.28. The van der Waals surface area contributed by atoms with Gasteiger partial charge in [-0.3, -0.25) is 0 Å². The lowest BCUT2D eigenvalue weighted by Crippen LogP contribution is -2.34. The highest BCUT2D eigenvalue weighted by Gasteiger charge is 2.24. The molecule has 17 heavy (non-hydrogen) atoms. The average molecular weight is 254 g/mol. The van der Waals surface area contributed by atoms with Crippen molar-refractivity contribution < 1.29 is 0 Å². The van der Waals surface area contributed by atoms with Crippen molar-refractivity contribution in [3.05, 3.63) is 12.2 Å².